The Balaban J connectivity index is 1.85. The summed E-state index contributed by atoms with van der Waals surface area (Å²) in [5, 5.41) is 11.9. The van der Waals surface area contributed by atoms with Crippen molar-refractivity contribution in [1.82, 2.24) is 20.9 Å². The van der Waals surface area contributed by atoms with Crippen LogP contribution in [-0.2, 0) is 16.2 Å². The number of hydrazine groups is 2. The maximum atomic E-state index is 12.2. The average molecular weight is 445 g/mol. The fourth-order valence-corrected chi connectivity index (χ4v) is 2.90. The van der Waals surface area contributed by atoms with E-state index >= 15 is 0 Å². The van der Waals surface area contributed by atoms with Crippen molar-refractivity contribution in [2.24, 2.45) is 0 Å². The minimum atomic E-state index is -0.515. The highest BCUT2D eigenvalue weighted by atomic mass is 32.1. The number of carbonyl (C=O) groups excluding carboxylic acids is 2. The monoisotopic (exact) mass is 444 g/mol. The van der Waals surface area contributed by atoms with E-state index < -0.39 is 18.2 Å². The average Bonchev–Trinajstić information content (AvgIpc) is 2.72. The third-order valence-corrected chi connectivity index (χ3v) is 5.22. The number of benzene rings is 2. The number of thiocarbonyl (C=S) groups is 2. The second kappa shape index (κ2) is 10.8. The van der Waals surface area contributed by atoms with E-state index in [4.69, 9.17) is 29.5 Å². The van der Waals surface area contributed by atoms with Crippen LogP contribution in [0.2, 0.25) is 0 Å². The number of aryl methyl sites for hydroxylation is 1. The molecule has 0 fully saturated rings. The van der Waals surface area contributed by atoms with Crippen LogP contribution in [-0.4, -0.2) is 51.0 Å². The van der Waals surface area contributed by atoms with Gasteiger partial charge in [0.2, 0.25) is 11.8 Å². The van der Waals surface area contributed by atoms with Crippen molar-refractivity contribution in [2.45, 2.75) is 20.0 Å². The molecule has 0 heterocycles. The molecule has 30 heavy (non-hydrogen) atoms. The molecule has 0 aliphatic heterocycles. The molecule has 0 atom stereocenters. The second-order valence-corrected chi connectivity index (χ2v) is 7.47. The fourth-order valence-electron chi connectivity index (χ4n) is 2.54. The van der Waals surface area contributed by atoms with Gasteiger partial charge in [-0.15, -0.1) is 0 Å². The van der Waals surface area contributed by atoms with Gasteiger partial charge in [-0.1, -0.05) is 78.5 Å². The van der Waals surface area contributed by atoms with Crippen LogP contribution in [0.3, 0.4) is 0 Å². The van der Waals surface area contributed by atoms with E-state index in [0.717, 1.165) is 16.7 Å². The number of hydrogen-bond acceptors (Lipinski definition) is 5. The Hall–Kier alpha value is -2.88. The Morgan fingerprint density at radius 1 is 0.833 bits per heavy atom. The van der Waals surface area contributed by atoms with Crippen LogP contribution in [0.15, 0.2) is 48.5 Å². The van der Waals surface area contributed by atoms with Gasteiger partial charge >= 0.3 is 0 Å². The van der Waals surface area contributed by atoms with Crippen molar-refractivity contribution in [2.75, 3.05) is 14.1 Å². The molecule has 0 bridgehead atoms. The first-order valence-corrected chi connectivity index (χ1v) is 9.94. The van der Waals surface area contributed by atoms with Gasteiger partial charge in [-0.3, -0.25) is 30.5 Å². The van der Waals surface area contributed by atoms with Gasteiger partial charge in [0.05, 0.1) is 6.61 Å². The molecule has 0 spiro atoms. The topological polar surface area (TPSA) is 84.9 Å². The zero-order valence-corrected chi connectivity index (χ0v) is 18.6. The fraction of sp³-hybridized carbons (Fsp3) is 0.238. The molecular weight excluding hydrogens is 420 g/mol. The summed E-state index contributed by atoms with van der Waals surface area (Å²) < 4.78 is 0. The predicted molar refractivity (Wildman–Crippen MR) is 123 cm³/mol. The van der Waals surface area contributed by atoms with E-state index in [1.54, 1.807) is 38.4 Å². The van der Waals surface area contributed by atoms with E-state index in [-0.39, 0.29) is 6.61 Å². The normalized spacial score (nSPS) is 10.1. The quantitative estimate of drug-likeness (QED) is 0.369. The van der Waals surface area contributed by atoms with Crippen LogP contribution >= 0.6 is 24.4 Å². The van der Waals surface area contributed by atoms with E-state index in [0.29, 0.717) is 15.5 Å². The number of nitrogens with zero attached hydrogens (tertiary/aromatic N) is 2. The first kappa shape index (κ1) is 23.4. The summed E-state index contributed by atoms with van der Waals surface area (Å²) in [6.07, 6.45) is -0.392. The van der Waals surface area contributed by atoms with Gasteiger partial charge in [-0.25, -0.2) is 0 Å². The van der Waals surface area contributed by atoms with E-state index in [1.807, 2.05) is 31.2 Å². The molecule has 0 radical (unpaired) electrons. The van der Waals surface area contributed by atoms with Crippen molar-refractivity contribution in [3.05, 3.63) is 70.8 Å². The van der Waals surface area contributed by atoms with E-state index in [9.17, 15) is 9.59 Å². The third-order valence-electron chi connectivity index (χ3n) is 4.20. The first-order chi connectivity index (χ1) is 14.2. The molecular formula is C21H24N4O3S2. The van der Waals surface area contributed by atoms with Crippen LogP contribution in [0, 0.1) is 6.92 Å². The molecule has 9 heteroatoms. The Morgan fingerprint density at radius 2 is 1.23 bits per heavy atom. The zero-order chi connectivity index (χ0) is 22.3. The summed E-state index contributed by atoms with van der Waals surface area (Å²) in [5.74, 6) is -1.02. The maximum absolute atomic E-state index is 12.2. The van der Waals surface area contributed by atoms with Crippen molar-refractivity contribution < 1.29 is 14.7 Å². The molecule has 2 aromatic rings. The molecule has 2 amide bonds. The van der Waals surface area contributed by atoms with Gasteiger partial charge in [0, 0.05) is 25.2 Å². The number of hydrogen-bond donors (Lipinski definition) is 3. The van der Waals surface area contributed by atoms with Crippen molar-refractivity contribution in [1.29, 1.82) is 0 Å². The molecule has 0 aromatic heterocycles. The van der Waals surface area contributed by atoms with Gasteiger partial charge in [0.25, 0.3) is 0 Å². The van der Waals surface area contributed by atoms with Gasteiger partial charge in [0.15, 0.2) is 0 Å². The molecule has 0 aliphatic carbocycles. The second-order valence-electron chi connectivity index (χ2n) is 6.70. The highest BCUT2D eigenvalue weighted by Gasteiger charge is 2.16. The molecule has 3 N–H and O–H groups in total. The summed E-state index contributed by atoms with van der Waals surface area (Å²) in [6.45, 7) is 1.92. The van der Waals surface area contributed by atoms with Crippen LogP contribution in [0.4, 0.5) is 0 Å². The molecule has 0 unspecified atom stereocenters. The lowest BCUT2D eigenvalue weighted by molar-refractivity contribution is -0.132. The molecule has 0 saturated carbocycles. The Bertz CT molecular complexity index is 930. The van der Waals surface area contributed by atoms with Crippen LogP contribution < -0.4 is 10.9 Å². The zero-order valence-electron chi connectivity index (χ0n) is 17.0. The Morgan fingerprint density at radius 3 is 1.63 bits per heavy atom. The SMILES string of the molecule is Cc1ccc(C(=S)N(C)NC(=O)CC(=O)NN(C)C(=S)c2ccc(CO)cc2)cc1. The molecule has 2 aromatic carbocycles. The summed E-state index contributed by atoms with van der Waals surface area (Å²) in [4.78, 5) is 25.2. The molecule has 7 nitrogen and oxygen atoms in total. The van der Waals surface area contributed by atoms with Crippen LogP contribution in [0.1, 0.15) is 28.7 Å². The minimum absolute atomic E-state index is 0.0590. The number of nitrogens with one attached hydrogen (secondary N) is 2. The summed E-state index contributed by atoms with van der Waals surface area (Å²) in [7, 11) is 3.21. The van der Waals surface area contributed by atoms with Crippen molar-refractivity contribution in [3.63, 3.8) is 0 Å². The third kappa shape index (κ3) is 6.58. The lowest BCUT2D eigenvalue weighted by atomic mass is 10.1. The van der Waals surface area contributed by atoms with Crippen molar-refractivity contribution >= 4 is 46.2 Å². The van der Waals surface area contributed by atoms with Crippen LogP contribution in [0.25, 0.3) is 0 Å². The lowest BCUT2D eigenvalue weighted by Crippen LogP contribution is -2.47. The lowest BCUT2D eigenvalue weighted by Gasteiger charge is -2.23. The number of amides is 2. The summed E-state index contributed by atoms with van der Waals surface area (Å²) in [5.41, 5.74) is 8.52. The van der Waals surface area contributed by atoms with Crippen molar-refractivity contribution in [3.8, 4) is 0 Å². The summed E-state index contributed by atoms with van der Waals surface area (Å²) in [6, 6.07) is 14.6. The molecule has 158 valence electrons. The van der Waals surface area contributed by atoms with E-state index in [1.165, 1.54) is 10.0 Å². The standard InChI is InChI=1S/C21H24N4O3S2/c1-14-4-8-16(9-5-14)20(29)24(2)22-18(27)12-19(28)23-25(3)21(30)17-10-6-15(13-26)7-11-17/h4-11,26H,12-13H2,1-3H3,(H,22,27)(H,23,28). The molecule has 2 rings (SSSR count). The molecule has 0 aliphatic rings. The van der Waals surface area contributed by atoms with Crippen LogP contribution in [0.5, 0.6) is 0 Å². The maximum Gasteiger partial charge on any atom is 0.248 e. The highest BCUT2D eigenvalue weighted by molar-refractivity contribution is 7.80. The highest BCUT2D eigenvalue weighted by Crippen LogP contribution is 2.08. The molecule has 0 saturated heterocycles. The minimum Gasteiger partial charge on any atom is -0.392 e. The Kier molecular flexibility index (Phi) is 8.40. The first-order valence-electron chi connectivity index (χ1n) is 9.12. The largest absolute Gasteiger partial charge is 0.392 e. The van der Waals surface area contributed by atoms with Gasteiger partial charge in [0.1, 0.15) is 16.4 Å². The number of aliphatic hydroxyl groups is 1. The number of carbonyl (C=O) groups is 2. The van der Waals surface area contributed by atoms with E-state index in [2.05, 4.69) is 10.9 Å². The van der Waals surface area contributed by atoms with Gasteiger partial charge in [-0.05, 0) is 12.5 Å². The summed E-state index contributed by atoms with van der Waals surface area (Å²) >= 11 is 10.7. The van der Waals surface area contributed by atoms with Gasteiger partial charge < -0.3 is 5.11 Å². The number of aliphatic hydroxyl groups excluding tert-OH is 1. The Labute approximate surface area is 186 Å². The smallest absolute Gasteiger partial charge is 0.248 e. The van der Waals surface area contributed by atoms with Gasteiger partial charge in [-0.2, -0.15) is 0 Å². The predicted octanol–water partition coefficient (Wildman–Crippen LogP) is 1.85. The number of rotatable bonds is 5.